The molecule has 1 aliphatic rings. The molecule has 13 heavy (non-hydrogen) atoms. The zero-order chi connectivity index (χ0) is 9.26. The number of nitrogens with zero attached hydrogens (tertiary/aromatic N) is 1. The van der Waals surface area contributed by atoms with Crippen LogP contribution in [0.1, 0.15) is 30.4 Å². The predicted molar refractivity (Wildman–Crippen MR) is 50.0 cm³/mol. The Morgan fingerprint density at radius 2 is 2.31 bits per heavy atom. The molecule has 0 N–H and O–H groups in total. The minimum Gasteiger partial charge on any atom is -0.228 e. The van der Waals surface area contributed by atoms with Crippen molar-refractivity contribution in [3.05, 3.63) is 29.3 Å². The van der Waals surface area contributed by atoms with Crippen molar-refractivity contribution in [3.63, 3.8) is 0 Å². The van der Waals surface area contributed by atoms with Crippen molar-refractivity contribution in [1.82, 2.24) is 4.98 Å². The Kier molecular flexibility index (Phi) is 2.30. The van der Waals surface area contributed by atoms with Crippen LogP contribution in [0.25, 0.3) is 0 Å². The van der Waals surface area contributed by atoms with Crippen molar-refractivity contribution in [1.29, 1.82) is 0 Å². The third-order valence-electron chi connectivity index (χ3n) is 2.57. The second-order valence-corrected chi connectivity index (χ2v) is 3.94. The van der Waals surface area contributed by atoms with E-state index in [4.69, 9.17) is 0 Å². The van der Waals surface area contributed by atoms with Crippen LogP contribution < -0.4 is 0 Å². The number of aromatic nitrogens is 1. The summed E-state index contributed by atoms with van der Waals surface area (Å²) in [4.78, 5) is 3.71. The largest absolute Gasteiger partial charge is 0.228 e. The van der Waals surface area contributed by atoms with Crippen molar-refractivity contribution in [3.8, 4) is 0 Å². The van der Waals surface area contributed by atoms with E-state index < -0.39 is 0 Å². The summed E-state index contributed by atoms with van der Waals surface area (Å²) < 4.78 is 13.1. The summed E-state index contributed by atoms with van der Waals surface area (Å²) in [6.45, 7) is 1.95. The summed E-state index contributed by atoms with van der Waals surface area (Å²) in [5.41, 5.74) is 1.83. The molecule has 2 rings (SSSR count). The summed E-state index contributed by atoms with van der Waals surface area (Å²) in [5.74, 6) is 0.575. The third-order valence-corrected chi connectivity index (χ3v) is 2.57. The molecule has 0 unspecified atom stereocenters. The van der Waals surface area contributed by atoms with Gasteiger partial charge in [-0.15, -0.1) is 0 Å². The molecule has 70 valence electrons. The maximum absolute atomic E-state index is 13.1. The number of rotatable bonds is 3. The van der Waals surface area contributed by atoms with Gasteiger partial charge in [0.1, 0.15) is 0 Å². The normalized spacial score (nSPS) is 16.2. The highest BCUT2D eigenvalue weighted by atomic mass is 19.1. The molecule has 1 aromatic heterocycles. The number of pyridine rings is 1. The van der Waals surface area contributed by atoms with Crippen LogP contribution in [0.3, 0.4) is 0 Å². The van der Waals surface area contributed by atoms with E-state index in [0.717, 1.165) is 29.9 Å². The molecule has 0 bridgehead atoms. The summed E-state index contributed by atoms with van der Waals surface area (Å²) in [7, 11) is 0. The maximum Gasteiger partial charge on any atom is 0.216 e. The van der Waals surface area contributed by atoms with E-state index in [0.29, 0.717) is 0 Å². The second-order valence-electron chi connectivity index (χ2n) is 3.94. The van der Waals surface area contributed by atoms with Gasteiger partial charge in [0.15, 0.2) is 0 Å². The summed E-state index contributed by atoms with van der Waals surface area (Å²) in [6.07, 6.45) is 6.23. The van der Waals surface area contributed by atoms with Gasteiger partial charge in [-0.25, -0.2) is 4.98 Å². The van der Waals surface area contributed by atoms with E-state index in [-0.39, 0.29) is 5.95 Å². The summed E-state index contributed by atoms with van der Waals surface area (Å²) in [5, 5.41) is 0. The van der Waals surface area contributed by atoms with Gasteiger partial charge in [0, 0.05) is 11.8 Å². The first kappa shape index (κ1) is 8.67. The van der Waals surface area contributed by atoms with E-state index >= 15 is 0 Å². The van der Waals surface area contributed by atoms with Crippen LogP contribution in [0.4, 0.5) is 4.39 Å². The molecule has 1 fully saturated rings. The first-order chi connectivity index (χ1) is 6.25. The molecule has 2 heteroatoms. The second kappa shape index (κ2) is 3.44. The Balaban J connectivity index is 2.03. The lowest BCUT2D eigenvalue weighted by Gasteiger charge is -2.02. The van der Waals surface area contributed by atoms with Gasteiger partial charge in [-0.05, 0) is 31.2 Å². The van der Waals surface area contributed by atoms with Crippen molar-refractivity contribution < 1.29 is 4.39 Å². The van der Waals surface area contributed by atoms with Crippen LogP contribution >= 0.6 is 0 Å². The van der Waals surface area contributed by atoms with Crippen molar-refractivity contribution in [2.24, 2.45) is 5.92 Å². The zero-order valence-electron chi connectivity index (χ0n) is 7.89. The van der Waals surface area contributed by atoms with Crippen LogP contribution in [0.2, 0.25) is 0 Å². The molecule has 0 radical (unpaired) electrons. The first-order valence-electron chi connectivity index (χ1n) is 4.87. The fourth-order valence-corrected chi connectivity index (χ4v) is 1.55. The van der Waals surface area contributed by atoms with Gasteiger partial charge in [0.25, 0.3) is 0 Å². The minimum atomic E-state index is -0.286. The van der Waals surface area contributed by atoms with Crippen LogP contribution in [0.5, 0.6) is 0 Å². The monoisotopic (exact) mass is 179 g/mol. The smallest absolute Gasteiger partial charge is 0.216 e. The number of hydrogen-bond donors (Lipinski definition) is 0. The molecule has 0 aliphatic heterocycles. The standard InChI is InChI=1S/C11H14FN/c1-8-6-10(11(12)13-7-8)5-4-9-2-3-9/h6-7,9H,2-5H2,1H3. The third kappa shape index (κ3) is 2.27. The van der Waals surface area contributed by atoms with Gasteiger partial charge in [-0.3, -0.25) is 0 Å². The van der Waals surface area contributed by atoms with E-state index in [9.17, 15) is 4.39 Å². The van der Waals surface area contributed by atoms with Crippen molar-refractivity contribution in [2.45, 2.75) is 32.6 Å². The predicted octanol–water partition coefficient (Wildman–Crippen LogP) is 2.87. The van der Waals surface area contributed by atoms with Crippen molar-refractivity contribution in [2.75, 3.05) is 0 Å². The molecule has 0 spiro atoms. The van der Waals surface area contributed by atoms with Gasteiger partial charge in [0.2, 0.25) is 5.95 Å². The topological polar surface area (TPSA) is 12.9 Å². The lowest BCUT2D eigenvalue weighted by atomic mass is 10.1. The Morgan fingerprint density at radius 3 is 3.00 bits per heavy atom. The number of hydrogen-bond acceptors (Lipinski definition) is 1. The van der Waals surface area contributed by atoms with E-state index in [2.05, 4.69) is 4.98 Å². The molecule has 0 amide bonds. The Labute approximate surface area is 78.0 Å². The van der Waals surface area contributed by atoms with Gasteiger partial charge in [-0.2, -0.15) is 4.39 Å². The Morgan fingerprint density at radius 1 is 1.54 bits per heavy atom. The van der Waals surface area contributed by atoms with Crippen LogP contribution in [0, 0.1) is 18.8 Å². The fourth-order valence-electron chi connectivity index (χ4n) is 1.55. The number of halogens is 1. The fraction of sp³-hybridized carbons (Fsp3) is 0.545. The average Bonchev–Trinajstić information content (AvgIpc) is 2.90. The Hall–Kier alpha value is -0.920. The first-order valence-corrected chi connectivity index (χ1v) is 4.87. The van der Waals surface area contributed by atoms with Gasteiger partial charge < -0.3 is 0 Å². The highest BCUT2D eigenvalue weighted by molar-refractivity contribution is 5.18. The molecule has 1 nitrogen and oxygen atoms in total. The lowest BCUT2D eigenvalue weighted by Crippen LogP contribution is -1.95. The molecule has 1 saturated carbocycles. The van der Waals surface area contributed by atoms with Gasteiger partial charge in [-0.1, -0.05) is 18.9 Å². The Bertz CT molecular complexity index is 305. The van der Waals surface area contributed by atoms with Crippen LogP contribution in [0.15, 0.2) is 12.3 Å². The molecule has 1 heterocycles. The molecule has 1 aromatic rings. The highest BCUT2D eigenvalue weighted by Gasteiger charge is 2.21. The van der Waals surface area contributed by atoms with E-state index in [1.807, 2.05) is 13.0 Å². The van der Waals surface area contributed by atoms with Gasteiger partial charge in [0.05, 0.1) is 0 Å². The number of aryl methyl sites for hydroxylation is 2. The molecule has 0 aromatic carbocycles. The summed E-state index contributed by atoms with van der Waals surface area (Å²) >= 11 is 0. The lowest BCUT2D eigenvalue weighted by molar-refractivity contribution is 0.557. The molecular weight excluding hydrogens is 165 g/mol. The molecular formula is C11H14FN. The molecule has 0 saturated heterocycles. The maximum atomic E-state index is 13.1. The average molecular weight is 179 g/mol. The van der Waals surface area contributed by atoms with Crippen LogP contribution in [-0.4, -0.2) is 4.98 Å². The van der Waals surface area contributed by atoms with Crippen LogP contribution in [-0.2, 0) is 6.42 Å². The van der Waals surface area contributed by atoms with Crippen molar-refractivity contribution >= 4 is 0 Å². The van der Waals surface area contributed by atoms with Gasteiger partial charge >= 0.3 is 0 Å². The van der Waals surface area contributed by atoms with E-state index in [1.54, 1.807) is 6.20 Å². The summed E-state index contributed by atoms with van der Waals surface area (Å²) in [6, 6.07) is 1.91. The SMILES string of the molecule is Cc1cnc(F)c(CCC2CC2)c1. The van der Waals surface area contributed by atoms with E-state index in [1.165, 1.54) is 12.8 Å². The molecule has 1 aliphatic carbocycles. The quantitative estimate of drug-likeness (QED) is 0.650. The highest BCUT2D eigenvalue weighted by Crippen LogP contribution is 2.33. The molecule has 0 atom stereocenters. The zero-order valence-corrected chi connectivity index (χ0v) is 7.89. The minimum absolute atomic E-state index is 0.286.